The second-order valence-corrected chi connectivity index (χ2v) is 4.52. The Morgan fingerprint density at radius 2 is 2.22 bits per heavy atom. The molecule has 2 heterocycles. The molecule has 1 N–H and O–H groups in total. The molecule has 0 spiro atoms. The summed E-state index contributed by atoms with van der Waals surface area (Å²) in [7, 11) is 0. The first-order valence-corrected chi connectivity index (χ1v) is 6.09. The van der Waals surface area contributed by atoms with Gasteiger partial charge in [0, 0.05) is 12.1 Å². The van der Waals surface area contributed by atoms with Crippen LogP contribution in [0.5, 0.6) is 0 Å². The van der Waals surface area contributed by atoms with Gasteiger partial charge in [-0.05, 0) is 18.1 Å². The van der Waals surface area contributed by atoms with Crippen LogP contribution in [0.25, 0.3) is 0 Å². The van der Waals surface area contributed by atoms with E-state index in [9.17, 15) is 9.59 Å². The SMILES string of the molecule is O=C1C[C@H](C(=O)N2CCCO2)c2ccccc2N1. The molecule has 0 radical (unpaired) electrons. The Bertz CT molecular complexity index is 495. The monoisotopic (exact) mass is 246 g/mol. The molecule has 2 amide bonds. The summed E-state index contributed by atoms with van der Waals surface area (Å²) in [6.45, 7) is 1.19. The van der Waals surface area contributed by atoms with E-state index in [1.165, 1.54) is 5.06 Å². The third-order valence-electron chi connectivity index (χ3n) is 3.30. The molecule has 3 rings (SSSR count). The van der Waals surface area contributed by atoms with Crippen LogP contribution in [0.4, 0.5) is 5.69 Å². The van der Waals surface area contributed by atoms with Crippen molar-refractivity contribution in [3.8, 4) is 0 Å². The zero-order chi connectivity index (χ0) is 12.5. The van der Waals surface area contributed by atoms with Crippen LogP contribution in [0, 0.1) is 0 Å². The lowest BCUT2D eigenvalue weighted by atomic mass is 9.90. The number of hydrogen-bond acceptors (Lipinski definition) is 3. The van der Waals surface area contributed by atoms with Gasteiger partial charge in [-0.2, -0.15) is 0 Å². The van der Waals surface area contributed by atoms with Gasteiger partial charge in [0.05, 0.1) is 19.1 Å². The van der Waals surface area contributed by atoms with Gasteiger partial charge in [0.1, 0.15) is 0 Å². The number of carbonyl (C=O) groups is 2. The third kappa shape index (κ3) is 1.86. The van der Waals surface area contributed by atoms with Crippen LogP contribution in [-0.4, -0.2) is 30.0 Å². The van der Waals surface area contributed by atoms with Gasteiger partial charge < -0.3 is 5.32 Å². The molecule has 18 heavy (non-hydrogen) atoms. The molecule has 0 aromatic heterocycles. The predicted molar refractivity (Wildman–Crippen MR) is 64.7 cm³/mol. The van der Waals surface area contributed by atoms with Gasteiger partial charge in [-0.15, -0.1) is 0 Å². The Labute approximate surface area is 105 Å². The first-order valence-electron chi connectivity index (χ1n) is 6.09. The molecular formula is C13H14N2O3. The molecule has 1 saturated heterocycles. The minimum absolute atomic E-state index is 0.116. The van der Waals surface area contributed by atoms with Gasteiger partial charge in [-0.1, -0.05) is 18.2 Å². The summed E-state index contributed by atoms with van der Waals surface area (Å²) >= 11 is 0. The number of para-hydroxylation sites is 1. The van der Waals surface area contributed by atoms with Crippen LogP contribution in [0.1, 0.15) is 24.3 Å². The molecule has 0 aliphatic carbocycles. The number of carbonyl (C=O) groups excluding carboxylic acids is 2. The summed E-state index contributed by atoms with van der Waals surface area (Å²) in [6.07, 6.45) is 1.04. The maximum absolute atomic E-state index is 12.3. The lowest BCUT2D eigenvalue weighted by molar-refractivity contribution is -0.171. The minimum atomic E-state index is -0.423. The van der Waals surface area contributed by atoms with E-state index in [0.717, 1.165) is 17.7 Å². The zero-order valence-corrected chi connectivity index (χ0v) is 9.89. The highest BCUT2D eigenvalue weighted by Gasteiger charge is 2.34. The number of nitrogens with one attached hydrogen (secondary N) is 1. The molecule has 0 unspecified atom stereocenters. The number of fused-ring (bicyclic) bond motifs is 1. The van der Waals surface area contributed by atoms with Crippen LogP contribution in [0.2, 0.25) is 0 Å². The van der Waals surface area contributed by atoms with E-state index in [0.29, 0.717) is 13.2 Å². The Morgan fingerprint density at radius 3 is 3.00 bits per heavy atom. The molecule has 0 bridgehead atoms. The topological polar surface area (TPSA) is 58.6 Å². The van der Waals surface area contributed by atoms with Crippen LogP contribution in [0.3, 0.4) is 0 Å². The first kappa shape index (κ1) is 11.2. The average molecular weight is 246 g/mol. The number of hydrogen-bond donors (Lipinski definition) is 1. The van der Waals surface area contributed by atoms with Gasteiger partial charge in [0.2, 0.25) is 5.91 Å². The summed E-state index contributed by atoms with van der Waals surface area (Å²) in [4.78, 5) is 29.2. The van der Waals surface area contributed by atoms with Crippen molar-refractivity contribution in [1.29, 1.82) is 0 Å². The summed E-state index contributed by atoms with van der Waals surface area (Å²) in [6, 6.07) is 7.42. The predicted octanol–water partition coefficient (Wildman–Crippen LogP) is 1.28. The summed E-state index contributed by atoms with van der Waals surface area (Å²) in [5.41, 5.74) is 1.60. The van der Waals surface area contributed by atoms with Crippen LogP contribution < -0.4 is 5.32 Å². The van der Waals surface area contributed by atoms with Gasteiger partial charge in [0.15, 0.2) is 0 Å². The number of amides is 2. The molecule has 1 aromatic carbocycles. The van der Waals surface area contributed by atoms with Crippen molar-refractivity contribution < 1.29 is 14.4 Å². The fraction of sp³-hybridized carbons (Fsp3) is 0.385. The highest BCUT2D eigenvalue weighted by molar-refractivity contribution is 6.00. The quantitative estimate of drug-likeness (QED) is 0.812. The Balaban J connectivity index is 1.92. The molecule has 1 aromatic rings. The van der Waals surface area contributed by atoms with Crippen molar-refractivity contribution in [2.45, 2.75) is 18.8 Å². The maximum Gasteiger partial charge on any atom is 0.254 e. The molecule has 1 atom stereocenters. The molecule has 5 nitrogen and oxygen atoms in total. The normalized spacial score (nSPS) is 22.6. The molecule has 2 aliphatic heterocycles. The van der Waals surface area contributed by atoms with Crippen molar-refractivity contribution in [2.75, 3.05) is 18.5 Å². The number of rotatable bonds is 1. The van der Waals surface area contributed by atoms with E-state index < -0.39 is 5.92 Å². The van der Waals surface area contributed by atoms with Gasteiger partial charge in [-0.25, -0.2) is 5.06 Å². The number of nitrogens with zero attached hydrogens (tertiary/aromatic N) is 1. The van der Waals surface area contributed by atoms with E-state index in [1.54, 1.807) is 0 Å². The van der Waals surface area contributed by atoms with Crippen LogP contribution >= 0.6 is 0 Å². The van der Waals surface area contributed by atoms with E-state index in [2.05, 4.69) is 5.32 Å². The summed E-state index contributed by atoms with van der Waals surface area (Å²) < 4.78 is 0. The Morgan fingerprint density at radius 1 is 1.39 bits per heavy atom. The lowest BCUT2D eigenvalue weighted by Gasteiger charge is -2.27. The van der Waals surface area contributed by atoms with Crippen LogP contribution in [-0.2, 0) is 14.4 Å². The fourth-order valence-corrected chi connectivity index (χ4v) is 2.43. The van der Waals surface area contributed by atoms with Crippen molar-refractivity contribution in [2.24, 2.45) is 0 Å². The number of anilines is 1. The molecular weight excluding hydrogens is 232 g/mol. The fourth-order valence-electron chi connectivity index (χ4n) is 2.43. The first-order chi connectivity index (χ1) is 8.75. The van der Waals surface area contributed by atoms with Crippen molar-refractivity contribution >= 4 is 17.5 Å². The van der Waals surface area contributed by atoms with E-state index >= 15 is 0 Å². The molecule has 94 valence electrons. The lowest BCUT2D eigenvalue weighted by Crippen LogP contribution is -2.36. The van der Waals surface area contributed by atoms with Crippen molar-refractivity contribution in [3.05, 3.63) is 29.8 Å². The molecule has 1 fully saturated rings. The molecule has 5 heteroatoms. The number of hydroxylamine groups is 2. The third-order valence-corrected chi connectivity index (χ3v) is 3.30. The average Bonchev–Trinajstić information content (AvgIpc) is 2.90. The van der Waals surface area contributed by atoms with Gasteiger partial charge in [0.25, 0.3) is 5.91 Å². The number of benzene rings is 1. The second-order valence-electron chi connectivity index (χ2n) is 4.52. The Kier molecular flexibility index (Phi) is 2.76. The highest BCUT2D eigenvalue weighted by Crippen LogP contribution is 2.33. The highest BCUT2D eigenvalue weighted by atomic mass is 16.7. The van der Waals surface area contributed by atoms with Crippen molar-refractivity contribution in [1.82, 2.24) is 5.06 Å². The van der Waals surface area contributed by atoms with E-state index in [4.69, 9.17) is 4.84 Å². The van der Waals surface area contributed by atoms with E-state index in [1.807, 2.05) is 24.3 Å². The Hall–Kier alpha value is -1.88. The zero-order valence-electron chi connectivity index (χ0n) is 9.89. The molecule has 0 saturated carbocycles. The van der Waals surface area contributed by atoms with Crippen molar-refractivity contribution in [3.63, 3.8) is 0 Å². The minimum Gasteiger partial charge on any atom is -0.326 e. The van der Waals surface area contributed by atoms with Gasteiger partial charge >= 0.3 is 0 Å². The maximum atomic E-state index is 12.3. The summed E-state index contributed by atoms with van der Waals surface area (Å²) in [5.74, 6) is -0.658. The van der Waals surface area contributed by atoms with Gasteiger partial charge in [-0.3, -0.25) is 14.4 Å². The summed E-state index contributed by atoms with van der Waals surface area (Å²) in [5, 5.41) is 4.17. The van der Waals surface area contributed by atoms with E-state index in [-0.39, 0.29) is 18.2 Å². The van der Waals surface area contributed by atoms with Crippen LogP contribution in [0.15, 0.2) is 24.3 Å². The smallest absolute Gasteiger partial charge is 0.254 e. The second kappa shape index (κ2) is 4.42. The molecule has 2 aliphatic rings. The standard InChI is InChI=1S/C13H14N2O3/c16-12-8-10(13(17)15-6-3-7-18-15)9-4-1-2-5-11(9)14-12/h1-2,4-5,10H,3,6-8H2,(H,14,16)/t10-/m0/s1. The largest absolute Gasteiger partial charge is 0.326 e.